The molecule has 1 heterocycles. The van der Waals surface area contributed by atoms with Crippen molar-refractivity contribution in [3.63, 3.8) is 0 Å². The van der Waals surface area contributed by atoms with Gasteiger partial charge in [-0.25, -0.2) is 4.79 Å². The van der Waals surface area contributed by atoms with Gasteiger partial charge >= 0.3 is 5.97 Å². The number of hydrogen-bond acceptors (Lipinski definition) is 6. The second-order valence-corrected chi connectivity index (χ2v) is 6.13. The molecule has 2 aromatic carbocycles. The Morgan fingerprint density at radius 1 is 0.885 bits per heavy atom. The van der Waals surface area contributed by atoms with Crippen molar-refractivity contribution < 1.29 is 29.2 Å². The molecule has 1 aliphatic heterocycles. The highest BCUT2D eigenvalue weighted by atomic mass is 16.6. The standard InChI is InChI=1S/C20H22O6/c21-11-16-17(22)18(24-12-14-7-3-1-4-8-14)19(20(23)26-16)25-13-15-9-5-2-6-10-15/h1-10,16-19,21-22H,11-13H2/t16-,17+,18+,19-/m1/s1. The van der Waals surface area contributed by atoms with Crippen LogP contribution in [0, 0.1) is 0 Å². The molecule has 0 unspecified atom stereocenters. The van der Waals surface area contributed by atoms with Gasteiger partial charge in [-0.2, -0.15) is 0 Å². The van der Waals surface area contributed by atoms with Crippen molar-refractivity contribution in [1.29, 1.82) is 0 Å². The van der Waals surface area contributed by atoms with Gasteiger partial charge < -0.3 is 24.4 Å². The van der Waals surface area contributed by atoms with Crippen LogP contribution in [0.2, 0.25) is 0 Å². The van der Waals surface area contributed by atoms with Gasteiger partial charge in [-0.05, 0) is 11.1 Å². The lowest BCUT2D eigenvalue weighted by molar-refractivity contribution is -0.226. The fraction of sp³-hybridized carbons (Fsp3) is 0.350. The zero-order valence-corrected chi connectivity index (χ0v) is 14.2. The first-order valence-electron chi connectivity index (χ1n) is 8.49. The van der Waals surface area contributed by atoms with Gasteiger partial charge in [0.25, 0.3) is 0 Å². The van der Waals surface area contributed by atoms with Crippen molar-refractivity contribution in [2.24, 2.45) is 0 Å². The van der Waals surface area contributed by atoms with Crippen LogP contribution in [0.1, 0.15) is 11.1 Å². The van der Waals surface area contributed by atoms with Crippen LogP contribution < -0.4 is 0 Å². The number of aliphatic hydroxyl groups excluding tert-OH is 2. The summed E-state index contributed by atoms with van der Waals surface area (Å²) in [7, 11) is 0. The van der Waals surface area contributed by atoms with E-state index >= 15 is 0 Å². The highest BCUT2D eigenvalue weighted by Gasteiger charge is 2.46. The molecule has 2 aromatic rings. The van der Waals surface area contributed by atoms with Crippen LogP contribution in [0.25, 0.3) is 0 Å². The molecule has 1 aliphatic rings. The van der Waals surface area contributed by atoms with Crippen LogP contribution in [-0.2, 0) is 32.2 Å². The molecule has 6 heteroatoms. The minimum atomic E-state index is -1.18. The first-order valence-corrected chi connectivity index (χ1v) is 8.49. The SMILES string of the molecule is O=C1O[C@H](CO)[C@H](O)[C@H](OCc2ccccc2)[C@H]1OCc1ccccc1. The predicted octanol–water partition coefficient (Wildman–Crippen LogP) is 1.44. The Kier molecular flexibility index (Phi) is 6.35. The van der Waals surface area contributed by atoms with E-state index in [1.807, 2.05) is 60.7 Å². The molecule has 138 valence electrons. The fourth-order valence-electron chi connectivity index (χ4n) is 2.83. The van der Waals surface area contributed by atoms with Gasteiger partial charge in [0.05, 0.1) is 19.8 Å². The number of carbonyl (C=O) groups is 1. The largest absolute Gasteiger partial charge is 0.455 e. The van der Waals surface area contributed by atoms with Crippen LogP contribution in [0.3, 0.4) is 0 Å². The van der Waals surface area contributed by atoms with E-state index < -0.39 is 37.0 Å². The first kappa shape index (κ1) is 18.5. The summed E-state index contributed by atoms with van der Waals surface area (Å²) in [4.78, 5) is 12.3. The molecule has 26 heavy (non-hydrogen) atoms. The third-order valence-corrected chi connectivity index (χ3v) is 4.25. The smallest absolute Gasteiger partial charge is 0.338 e. The number of ether oxygens (including phenoxy) is 3. The van der Waals surface area contributed by atoms with Crippen molar-refractivity contribution in [1.82, 2.24) is 0 Å². The Balaban J connectivity index is 1.71. The zero-order chi connectivity index (χ0) is 18.4. The molecule has 6 nitrogen and oxygen atoms in total. The van der Waals surface area contributed by atoms with E-state index in [2.05, 4.69) is 0 Å². The van der Waals surface area contributed by atoms with Crippen molar-refractivity contribution in [3.8, 4) is 0 Å². The van der Waals surface area contributed by atoms with Crippen LogP contribution >= 0.6 is 0 Å². The summed E-state index contributed by atoms with van der Waals surface area (Å²) in [5.41, 5.74) is 1.79. The Bertz CT molecular complexity index is 690. The summed E-state index contributed by atoms with van der Waals surface area (Å²) in [6.45, 7) is -0.0922. The summed E-state index contributed by atoms with van der Waals surface area (Å²) in [6.07, 6.45) is -4.21. The number of cyclic esters (lactones) is 1. The van der Waals surface area contributed by atoms with Gasteiger partial charge in [-0.1, -0.05) is 60.7 Å². The monoisotopic (exact) mass is 358 g/mol. The van der Waals surface area contributed by atoms with E-state index in [0.29, 0.717) is 0 Å². The summed E-state index contributed by atoms with van der Waals surface area (Å²) >= 11 is 0. The Hall–Kier alpha value is -2.25. The molecule has 0 saturated carbocycles. The molecule has 0 aliphatic carbocycles. The van der Waals surface area contributed by atoms with Gasteiger partial charge in [-0.15, -0.1) is 0 Å². The average Bonchev–Trinajstić information content (AvgIpc) is 2.69. The summed E-state index contributed by atoms with van der Waals surface area (Å²) < 4.78 is 16.6. The van der Waals surface area contributed by atoms with Crippen molar-refractivity contribution in [2.45, 2.75) is 37.6 Å². The van der Waals surface area contributed by atoms with Crippen molar-refractivity contribution in [3.05, 3.63) is 71.8 Å². The number of carbonyl (C=O) groups excluding carboxylic acids is 1. The highest BCUT2D eigenvalue weighted by Crippen LogP contribution is 2.24. The fourth-order valence-corrected chi connectivity index (χ4v) is 2.83. The normalized spacial score (nSPS) is 25.7. The second-order valence-electron chi connectivity index (χ2n) is 6.13. The molecule has 0 amide bonds. The van der Waals surface area contributed by atoms with Gasteiger partial charge in [0.1, 0.15) is 12.2 Å². The first-order chi connectivity index (χ1) is 12.7. The third-order valence-electron chi connectivity index (χ3n) is 4.25. The van der Waals surface area contributed by atoms with Crippen LogP contribution in [0.4, 0.5) is 0 Å². The second kappa shape index (κ2) is 8.91. The Morgan fingerprint density at radius 2 is 1.42 bits per heavy atom. The van der Waals surface area contributed by atoms with Crippen LogP contribution in [-0.4, -0.2) is 47.2 Å². The van der Waals surface area contributed by atoms with E-state index in [0.717, 1.165) is 11.1 Å². The summed E-state index contributed by atoms with van der Waals surface area (Å²) in [5, 5.41) is 19.8. The average molecular weight is 358 g/mol. The molecular formula is C20H22O6. The van der Waals surface area contributed by atoms with Crippen molar-refractivity contribution in [2.75, 3.05) is 6.61 Å². The van der Waals surface area contributed by atoms with Gasteiger partial charge in [0.15, 0.2) is 12.2 Å². The van der Waals surface area contributed by atoms with E-state index in [4.69, 9.17) is 14.2 Å². The maximum atomic E-state index is 12.3. The number of esters is 1. The van der Waals surface area contributed by atoms with Crippen LogP contribution in [0.5, 0.6) is 0 Å². The molecule has 1 saturated heterocycles. The van der Waals surface area contributed by atoms with Crippen molar-refractivity contribution >= 4 is 5.97 Å². The lowest BCUT2D eigenvalue weighted by Gasteiger charge is -2.38. The Labute approximate surface area is 151 Å². The van der Waals surface area contributed by atoms with E-state index in [1.165, 1.54) is 0 Å². The van der Waals surface area contributed by atoms with E-state index in [1.54, 1.807) is 0 Å². The third kappa shape index (κ3) is 4.47. The highest BCUT2D eigenvalue weighted by molar-refractivity contribution is 5.77. The number of benzene rings is 2. The summed E-state index contributed by atoms with van der Waals surface area (Å²) in [5.74, 6) is -0.650. The van der Waals surface area contributed by atoms with E-state index in [9.17, 15) is 15.0 Å². The molecular weight excluding hydrogens is 336 g/mol. The van der Waals surface area contributed by atoms with Gasteiger partial charge in [-0.3, -0.25) is 0 Å². The van der Waals surface area contributed by atoms with Gasteiger partial charge in [0, 0.05) is 0 Å². The number of aliphatic hydroxyl groups is 2. The molecule has 3 rings (SSSR count). The molecule has 0 radical (unpaired) electrons. The lowest BCUT2D eigenvalue weighted by Crippen LogP contribution is -2.58. The molecule has 0 aromatic heterocycles. The predicted molar refractivity (Wildman–Crippen MR) is 93.0 cm³/mol. The molecule has 1 fully saturated rings. The number of rotatable bonds is 7. The minimum Gasteiger partial charge on any atom is -0.455 e. The molecule has 2 N–H and O–H groups in total. The topological polar surface area (TPSA) is 85.2 Å². The summed E-state index contributed by atoms with van der Waals surface area (Å²) in [6, 6.07) is 18.8. The minimum absolute atomic E-state index is 0.183. The Morgan fingerprint density at radius 3 is 1.96 bits per heavy atom. The quantitative estimate of drug-likeness (QED) is 0.729. The molecule has 4 atom stereocenters. The van der Waals surface area contributed by atoms with E-state index in [-0.39, 0.29) is 13.2 Å². The number of hydrogen-bond donors (Lipinski definition) is 2. The lowest BCUT2D eigenvalue weighted by atomic mass is 9.99. The molecule has 0 spiro atoms. The maximum absolute atomic E-state index is 12.3. The zero-order valence-electron chi connectivity index (χ0n) is 14.2. The maximum Gasteiger partial charge on any atom is 0.338 e. The molecule has 0 bridgehead atoms. The van der Waals surface area contributed by atoms with Crippen LogP contribution in [0.15, 0.2) is 60.7 Å². The van der Waals surface area contributed by atoms with Gasteiger partial charge in [0.2, 0.25) is 0 Å².